The molecular formula is C24H26F2N2O4. The van der Waals surface area contributed by atoms with Crippen LogP contribution >= 0.6 is 0 Å². The fourth-order valence-electron chi connectivity index (χ4n) is 3.23. The minimum Gasteiger partial charge on any atom is -0.449 e. The van der Waals surface area contributed by atoms with Gasteiger partial charge in [0.1, 0.15) is 18.2 Å². The van der Waals surface area contributed by atoms with Crippen LogP contribution in [0.1, 0.15) is 37.3 Å². The summed E-state index contributed by atoms with van der Waals surface area (Å²) in [6.07, 6.45) is 2.56. The number of nitrogens with zero attached hydrogens (tertiary/aromatic N) is 1. The lowest BCUT2D eigenvalue weighted by Crippen LogP contribution is -2.35. The van der Waals surface area contributed by atoms with Crippen molar-refractivity contribution < 1.29 is 27.8 Å². The summed E-state index contributed by atoms with van der Waals surface area (Å²) in [7, 11) is 0. The van der Waals surface area contributed by atoms with Crippen molar-refractivity contribution in [3.8, 4) is 0 Å². The van der Waals surface area contributed by atoms with Crippen molar-refractivity contribution in [2.45, 2.75) is 32.8 Å². The van der Waals surface area contributed by atoms with Crippen molar-refractivity contribution in [1.29, 1.82) is 0 Å². The van der Waals surface area contributed by atoms with Gasteiger partial charge in [-0.25, -0.2) is 18.4 Å². The van der Waals surface area contributed by atoms with Gasteiger partial charge in [-0.05, 0) is 30.0 Å². The summed E-state index contributed by atoms with van der Waals surface area (Å²) in [5.41, 5.74) is 1.40. The molecule has 1 aliphatic rings. The van der Waals surface area contributed by atoms with Gasteiger partial charge < -0.3 is 14.4 Å². The summed E-state index contributed by atoms with van der Waals surface area (Å²) in [5.74, 6) is -1.64. The van der Waals surface area contributed by atoms with Gasteiger partial charge in [0.05, 0.1) is 12.3 Å². The zero-order valence-electron chi connectivity index (χ0n) is 17.9. The number of anilines is 1. The molecule has 1 aliphatic heterocycles. The quantitative estimate of drug-likeness (QED) is 0.553. The van der Waals surface area contributed by atoms with E-state index in [4.69, 9.17) is 9.47 Å². The lowest BCUT2D eigenvalue weighted by atomic mass is 9.98. The topological polar surface area (TPSA) is 67.9 Å². The molecule has 8 heteroatoms. The molecule has 6 nitrogen and oxygen atoms in total. The minimum absolute atomic E-state index is 0.0255. The van der Waals surface area contributed by atoms with E-state index in [9.17, 15) is 18.4 Å². The smallest absolute Gasteiger partial charge is 0.412 e. The highest BCUT2D eigenvalue weighted by atomic mass is 19.1. The number of benzene rings is 2. The van der Waals surface area contributed by atoms with Crippen LogP contribution < -0.4 is 5.32 Å². The number of hydrogen-bond acceptors (Lipinski definition) is 4. The Bertz CT molecular complexity index is 979. The van der Waals surface area contributed by atoms with E-state index in [1.807, 2.05) is 25.1 Å². The third kappa shape index (κ3) is 6.29. The second-order valence-electron chi connectivity index (χ2n) is 7.39. The Morgan fingerprint density at radius 1 is 1.09 bits per heavy atom. The van der Waals surface area contributed by atoms with Gasteiger partial charge in [0.25, 0.3) is 0 Å². The molecule has 170 valence electrons. The maximum atomic E-state index is 14.5. The van der Waals surface area contributed by atoms with Crippen molar-refractivity contribution in [2.75, 3.05) is 25.0 Å². The maximum absolute atomic E-state index is 14.5. The standard InChI is InChI=1S/C24H26F2N2O4/c1-2-3-13-31-24(30)28-11-9-18(10-12-28)19-14-22(21(26)15-20(19)25)27-23(29)32-16-17-7-5-4-6-8-17/h4-9,14-15H,2-3,10-13,16H2,1H3,(H,27,29). The van der Waals surface area contributed by atoms with Crippen LogP contribution in [-0.4, -0.2) is 36.8 Å². The first-order valence-electron chi connectivity index (χ1n) is 10.6. The number of carbonyl (C=O) groups is 2. The van der Waals surface area contributed by atoms with Crippen molar-refractivity contribution >= 4 is 23.4 Å². The first kappa shape index (κ1) is 23.2. The molecule has 3 rings (SSSR count). The molecule has 0 bridgehead atoms. The minimum atomic E-state index is -0.902. The Hall–Kier alpha value is -3.42. The number of unbranched alkanes of at least 4 members (excludes halogenated alkanes) is 1. The van der Waals surface area contributed by atoms with Gasteiger partial charge in [-0.2, -0.15) is 0 Å². The molecule has 0 saturated heterocycles. The van der Waals surface area contributed by atoms with Crippen LogP contribution in [0.25, 0.3) is 5.57 Å². The number of carbonyl (C=O) groups excluding carboxylic acids is 2. The molecule has 0 radical (unpaired) electrons. The summed E-state index contributed by atoms with van der Waals surface area (Å²) in [5, 5.41) is 2.33. The van der Waals surface area contributed by atoms with Gasteiger partial charge in [-0.15, -0.1) is 0 Å². The van der Waals surface area contributed by atoms with Crippen LogP contribution in [0.3, 0.4) is 0 Å². The molecule has 2 amide bonds. The highest BCUT2D eigenvalue weighted by molar-refractivity contribution is 5.86. The van der Waals surface area contributed by atoms with Gasteiger partial charge in [0.2, 0.25) is 0 Å². The molecule has 32 heavy (non-hydrogen) atoms. The zero-order chi connectivity index (χ0) is 22.9. The largest absolute Gasteiger partial charge is 0.449 e. The predicted octanol–water partition coefficient (Wildman–Crippen LogP) is 5.74. The third-order valence-corrected chi connectivity index (χ3v) is 5.04. The van der Waals surface area contributed by atoms with E-state index in [2.05, 4.69) is 5.32 Å². The van der Waals surface area contributed by atoms with Crippen LogP contribution in [0.4, 0.5) is 24.1 Å². The maximum Gasteiger partial charge on any atom is 0.412 e. The second-order valence-corrected chi connectivity index (χ2v) is 7.39. The number of halogens is 2. The van der Waals surface area contributed by atoms with Crippen molar-refractivity contribution in [1.82, 2.24) is 4.90 Å². The molecular weight excluding hydrogens is 418 g/mol. The average Bonchev–Trinajstić information content (AvgIpc) is 2.80. The summed E-state index contributed by atoms with van der Waals surface area (Å²) < 4.78 is 39.0. The Morgan fingerprint density at radius 2 is 1.88 bits per heavy atom. The van der Waals surface area contributed by atoms with E-state index in [-0.39, 0.29) is 24.4 Å². The van der Waals surface area contributed by atoms with Gasteiger partial charge >= 0.3 is 12.2 Å². The summed E-state index contributed by atoms with van der Waals surface area (Å²) in [6, 6.07) is 11.0. The van der Waals surface area contributed by atoms with E-state index in [0.717, 1.165) is 24.5 Å². The number of amides is 2. The molecule has 0 aromatic heterocycles. The van der Waals surface area contributed by atoms with E-state index in [1.54, 1.807) is 18.2 Å². The Kier molecular flexibility index (Phi) is 8.19. The molecule has 0 fully saturated rings. The molecule has 0 spiro atoms. The molecule has 0 unspecified atom stereocenters. The number of hydrogen-bond donors (Lipinski definition) is 1. The third-order valence-electron chi connectivity index (χ3n) is 5.04. The lowest BCUT2D eigenvalue weighted by Gasteiger charge is -2.26. The van der Waals surface area contributed by atoms with E-state index in [1.165, 1.54) is 11.0 Å². The molecule has 0 saturated carbocycles. The van der Waals surface area contributed by atoms with Crippen molar-refractivity contribution in [3.05, 3.63) is 71.3 Å². The van der Waals surface area contributed by atoms with Crippen molar-refractivity contribution in [2.24, 2.45) is 0 Å². The second kappa shape index (κ2) is 11.3. The van der Waals surface area contributed by atoms with E-state index < -0.39 is 23.8 Å². The first-order chi connectivity index (χ1) is 15.5. The number of ether oxygens (including phenoxy) is 2. The predicted molar refractivity (Wildman–Crippen MR) is 117 cm³/mol. The fraction of sp³-hybridized carbons (Fsp3) is 0.333. The molecule has 0 aliphatic carbocycles. The van der Waals surface area contributed by atoms with Crippen LogP contribution in [-0.2, 0) is 16.1 Å². The molecule has 2 aromatic carbocycles. The Morgan fingerprint density at radius 3 is 2.56 bits per heavy atom. The Labute approximate surface area is 185 Å². The molecule has 2 aromatic rings. The summed E-state index contributed by atoms with van der Waals surface area (Å²) in [6.45, 7) is 3.02. The van der Waals surface area contributed by atoms with Crippen molar-refractivity contribution in [3.63, 3.8) is 0 Å². The summed E-state index contributed by atoms with van der Waals surface area (Å²) in [4.78, 5) is 25.7. The van der Waals surface area contributed by atoms with E-state index >= 15 is 0 Å². The average molecular weight is 444 g/mol. The van der Waals surface area contributed by atoms with Crippen LogP contribution in [0, 0.1) is 11.6 Å². The molecule has 1 heterocycles. The Balaban J connectivity index is 1.63. The SMILES string of the molecule is CCCCOC(=O)N1CC=C(c2cc(NC(=O)OCc3ccccc3)c(F)cc2F)CC1. The first-order valence-corrected chi connectivity index (χ1v) is 10.6. The monoisotopic (exact) mass is 444 g/mol. The van der Waals surface area contributed by atoms with Gasteiger partial charge in [0, 0.05) is 24.7 Å². The van der Waals surface area contributed by atoms with Crippen LogP contribution in [0.5, 0.6) is 0 Å². The van der Waals surface area contributed by atoms with Crippen LogP contribution in [0.15, 0.2) is 48.5 Å². The lowest BCUT2D eigenvalue weighted by molar-refractivity contribution is 0.105. The number of nitrogens with one attached hydrogen (secondary N) is 1. The molecule has 0 atom stereocenters. The van der Waals surface area contributed by atoms with Gasteiger partial charge in [-0.1, -0.05) is 49.8 Å². The van der Waals surface area contributed by atoms with Crippen LogP contribution in [0.2, 0.25) is 0 Å². The van der Waals surface area contributed by atoms with Gasteiger partial charge in [-0.3, -0.25) is 5.32 Å². The highest BCUT2D eigenvalue weighted by Crippen LogP contribution is 2.29. The fourth-order valence-corrected chi connectivity index (χ4v) is 3.23. The highest BCUT2D eigenvalue weighted by Gasteiger charge is 2.22. The summed E-state index contributed by atoms with van der Waals surface area (Å²) >= 11 is 0. The normalized spacial score (nSPS) is 13.3. The molecule has 1 N–H and O–H groups in total. The zero-order valence-corrected chi connectivity index (χ0v) is 17.9. The van der Waals surface area contributed by atoms with Gasteiger partial charge in [0.15, 0.2) is 0 Å². The van der Waals surface area contributed by atoms with E-state index in [0.29, 0.717) is 25.1 Å². The number of rotatable bonds is 7.